The number of nitrogens with one attached hydrogen (secondary N) is 1. The highest BCUT2D eigenvalue weighted by atomic mass is 15.0. The van der Waals surface area contributed by atoms with Gasteiger partial charge in [-0.1, -0.05) is 24.3 Å². The summed E-state index contributed by atoms with van der Waals surface area (Å²) >= 11 is 0. The monoisotopic (exact) mass is 266 g/mol. The maximum absolute atomic E-state index is 5.42. The fourth-order valence-electron chi connectivity index (χ4n) is 2.56. The maximum atomic E-state index is 5.42. The van der Waals surface area contributed by atoms with Gasteiger partial charge in [0.05, 0.1) is 5.69 Å². The zero-order valence-corrected chi connectivity index (χ0v) is 11.3. The van der Waals surface area contributed by atoms with Crippen molar-refractivity contribution >= 4 is 11.6 Å². The number of fused-ring (bicyclic) bond motifs is 1. The van der Waals surface area contributed by atoms with Crippen molar-refractivity contribution in [2.45, 2.75) is 13.0 Å². The van der Waals surface area contributed by atoms with Crippen LogP contribution >= 0.6 is 0 Å². The second-order valence-electron chi connectivity index (χ2n) is 5.00. The van der Waals surface area contributed by atoms with E-state index in [2.05, 4.69) is 34.6 Å². The Morgan fingerprint density at radius 2 is 1.85 bits per heavy atom. The number of guanidine groups is 1. The van der Waals surface area contributed by atoms with Gasteiger partial charge < -0.3 is 16.8 Å². The summed E-state index contributed by atoms with van der Waals surface area (Å²) < 4.78 is 0. The third kappa shape index (κ3) is 2.65. The first-order chi connectivity index (χ1) is 9.72. The first-order valence-corrected chi connectivity index (χ1v) is 6.75. The molecule has 3 rings (SSSR count). The molecule has 1 heterocycles. The molecule has 0 bridgehead atoms. The van der Waals surface area contributed by atoms with Crippen LogP contribution in [-0.2, 0) is 13.0 Å². The number of hydrogen-bond acceptors (Lipinski definition) is 2. The average molecular weight is 266 g/mol. The van der Waals surface area contributed by atoms with E-state index < -0.39 is 0 Å². The molecule has 1 aliphatic rings. The zero-order chi connectivity index (χ0) is 13.9. The molecule has 0 unspecified atom stereocenters. The van der Waals surface area contributed by atoms with Gasteiger partial charge in [0.25, 0.3) is 0 Å². The molecule has 0 saturated carbocycles. The van der Waals surface area contributed by atoms with Crippen molar-refractivity contribution in [1.29, 1.82) is 0 Å². The quantitative estimate of drug-likeness (QED) is 0.574. The fraction of sp³-hybridized carbons (Fsp3) is 0.188. The normalized spacial score (nSPS) is 13.6. The molecule has 2 aromatic rings. The number of hydrogen-bond donors (Lipinski definition) is 3. The van der Waals surface area contributed by atoms with Gasteiger partial charge in [-0.2, -0.15) is 0 Å². The minimum Gasteiger partial charge on any atom is -0.370 e. The Labute approximate surface area is 118 Å². The topological polar surface area (TPSA) is 76.4 Å². The summed E-state index contributed by atoms with van der Waals surface area (Å²) in [6, 6.07) is 14.6. The van der Waals surface area contributed by atoms with Gasteiger partial charge in [0.15, 0.2) is 5.96 Å². The first kappa shape index (κ1) is 12.7. The van der Waals surface area contributed by atoms with Gasteiger partial charge in [-0.15, -0.1) is 0 Å². The molecule has 2 aromatic carbocycles. The number of aliphatic imine (C=N–C) groups is 1. The Hall–Kier alpha value is -2.33. The Kier molecular flexibility index (Phi) is 3.39. The van der Waals surface area contributed by atoms with Crippen LogP contribution in [0.25, 0.3) is 11.1 Å². The molecule has 4 heteroatoms. The van der Waals surface area contributed by atoms with E-state index in [0.29, 0.717) is 0 Å². The molecule has 0 saturated heterocycles. The van der Waals surface area contributed by atoms with Crippen molar-refractivity contribution in [2.24, 2.45) is 16.5 Å². The molecular weight excluding hydrogens is 248 g/mol. The van der Waals surface area contributed by atoms with Crippen molar-refractivity contribution in [3.63, 3.8) is 0 Å². The second-order valence-corrected chi connectivity index (χ2v) is 5.00. The summed E-state index contributed by atoms with van der Waals surface area (Å²) in [6.07, 6.45) is 1.10. The molecule has 4 nitrogen and oxygen atoms in total. The van der Waals surface area contributed by atoms with Crippen LogP contribution in [0.4, 0.5) is 5.69 Å². The fourth-order valence-corrected chi connectivity index (χ4v) is 2.56. The number of nitrogens with two attached hydrogens (primary N) is 2. The van der Waals surface area contributed by atoms with Crippen LogP contribution in [0.15, 0.2) is 47.5 Å². The summed E-state index contributed by atoms with van der Waals surface area (Å²) in [6.45, 7) is 2.00. The van der Waals surface area contributed by atoms with E-state index in [1.54, 1.807) is 0 Å². The lowest BCUT2D eigenvalue weighted by Crippen LogP contribution is -2.23. The van der Waals surface area contributed by atoms with Gasteiger partial charge in [0.2, 0.25) is 0 Å². The Balaban J connectivity index is 1.98. The van der Waals surface area contributed by atoms with E-state index in [-0.39, 0.29) is 5.96 Å². The van der Waals surface area contributed by atoms with Crippen LogP contribution in [0.1, 0.15) is 11.1 Å². The van der Waals surface area contributed by atoms with Crippen LogP contribution in [0.5, 0.6) is 0 Å². The predicted molar refractivity (Wildman–Crippen MR) is 82.8 cm³/mol. The molecular formula is C16H18N4. The zero-order valence-electron chi connectivity index (χ0n) is 11.3. The van der Waals surface area contributed by atoms with E-state index in [1.165, 1.54) is 16.7 Å². The van der Waals surface area contributed by atoms with Gasteiger partial charge >= 0.3 is 0 Å². The first-order valence-electron chi connectivity index (χ1n) is 6.75. The van der Waals surface area contributed by atoms with Gasteiger partial charge in [-0.3, -0.25) is 0 Å². The minimum absolute atomic E-state index is 0.0804. The molecule has 0 aliphatic carbocycles. The molecule has 0 spiro atoms. The predicted octanol–water partition coefficient (Wildman–Crippen LogP) is 1.90. The van der Waals surface area contributed by atoms with Gasteiger partial charge in [-0.05, 0) is 53.4 Å². The van der Waals surface area contributed by atoms with Crippen LogP contribution in [-0.4, -0.2) is 12.5 Å². The number of rotatable bonds is 2. The third-order valence-corrected chi connectivity index (χ3v) is 3.53. The smallest absolute Gasteiger partial charge is 0.191 e. The van der Waals surface area contributed by atoms with Gasteiger partial charge in [-0.25, -0.2) is 4.99 Å². The molecule has 5 N–H and O–H groups in total. The van der Waals surface area contributed by atoms with Crippen molar-refractivity contribution in [1.82, 2.24) is 5.32 Å². The summed E-state index contributed by atoms with van der Waals surface area (Å²) in [5, 5.41) is 3.40. The average Bonchev–Trinajstić information content (AvgIpc) is 2.46. The lowest BCUT2D eigenvalue weighted by molar-refractivity contribution is 0.644. The summed E-state index contributed by atoms with van der Waals surface area (Å²) in [4.78, 5) is 4.09. The molecule has 0 fully saturated rings. The molecule has 0 amide bonds. The van der Waals surface area contributed by atoms with Crippen LogP contribution in [0, 0.1) is 0 Å². The van der Waals surface area contributed by atoms with E-state index in [9.17, 15) is 0 Å². The van der Waals surface area contributed by atoms with Crippen molar-refractivity contribution in [2.75, 3.05) is 6.54 Å². The second kappa shape index (κ2) is 5.35. The highest BCUT2D eigenvalue weighted by Crippen LogP contribution is 2.27. The largest absolute Gasteiger partial charge is 0.370 e. The minimum atomic E-state index is 0.0804. The lowest BCUT2D eigenvalue weighted by atomic mass is 9.95. The van der Waals surface area contributed by atoms with E-state index in [0.717, 1.165) is 30.8 Å². The van der Waals surface area contributed by atoms with Crippen molar-refractivity contribution in [3.05, 3.63) is 53.6 Å². The van der Waals surface area contributed by atoms with Crippen molar-refractivity contribution in [3.8, 4) is 11.1 Å². The van der Waals surface area contributed by atoms with Crippen LogP contribution in [0.3, 0.4) is 0 Å². The van der Waals surface area contributed by atoms with Gasteiger partial charge in [0.1, 0.15) is 0 Å². The summed E-state index contributed by atoms with van der Waals surface area (Å²) in [7, 11) is 0. The summed E-state index contributed by atoms with van der Waals surface area (Å²) in [5.74, 6) is 0.0804. The Morgan fingerprint density at radius 1 is 1.00 bits per heavy atom. The molecule has 0 atom stereocenters. The Bertz CT molecular complexity index is 657. The van der Waals surface area contributed by atoms with Crippen LogP contribution in [0.2, 0.25) is 0 Å². The van der Waals surface area contributed by atoms with Gasteiger partial charge in [0, 0.05) is 6.54 Å². The molecule has 1 aliphatic heterocycles. The number of benzene rings is 2. The van der Waals surface area contributed by atoms with Crippen molar-refractivity contribution < 1.29 is 0 Å². The van der Waals surface area contributed by atoms with E-state index >= 15 is 0 Å². The van der Waals surface area contributed by atoms with E-state index in [1.807, 2.05) is 18.2 Å². The standard InChI is InChI=1S/C16H18N4/c17-16(18)20-15-3-1-2-12(9-15)13-5-4-11-6-7-19-10-14(11)8-13/h1-5,8-9,19H,6-7,10H2,(H4,17,18,20). The molecule has 0 radical (unpaired) electrons. The SMILES string of the molecule is NC(N)=Nc1cccc(-c2ccc3c(c2)CNCC3)c1. The van der Waals surface area contributed by atoms with Crippen LogP contribution < -0.4 is 16.8 Å². The Morgan fingerprint density at radius 3 is 2.70 bits per heavy atom. The number of nitrogens with zero attached hydrogens (tertiary/aromatic N) is 1. The maximum Gasteiger partial charge on any atom is 0.191 e. The highest BCUT2D eigenvalue weighted by Gasteiger charge is 2.09. The van der Waals surface area contributed by atoms with E-state index in [4.69, 9.17) is 11.5 Å². The molecule has 0 aromatic heterocycles. The lowest BCUT2D eigenvalue weighted by Gasteiger charge is -2.18. The highest BCUT2D eigenvalue weighted by molar-refractivity contribution is 5.80. The summed E-state index contributed by atoms with van der Waals surface area (Å²) in [5.41, 5.74) is 16.8. The molecule has 102 valence electrons. The molecule has 20 heavy (non-hydrogen) atoms. The third-order valence-electron chi connectivity index (χ3n) is 3.53.